The molecular weight excluding hydrogens is 679 g/mol. The highest BCUT2D eigenvalue weighted by molar-refractivity contribution is 6.19. The maximum absolute atomic E-state index is 5.44. The lowest BCUT2D eigenvalue weighted by Gasteiger charge is -2.28. The highest BCUT2D eigenvalue weighted by Crippen LogP contribution is 2.53. The summed E-state index contributed by atoms with van der Waals surface area (Å²) in [6.45, 7) is 2.35. The third-order valence-corrected chi connectivity index (χ3v) is 11.8. The molecule has 0 N–H and O–H groups in total. The molecule has 0 spiro atoms. The third kappa shape index (κ3) is 4.94. The van der Waals surface area contributed by atoms with E-state index in [1.165, 1.54) is 44.0 Å². The van der Waals surface area contributed by atoms with E-state index in [9.17, 15) is 0 Å². The van der Waals surface area contributed by atoms with Gasteiger partial charge in [-0.15, -0.1) is 0 Å². The molecule has 1 aromatic heterocycles. The van der Waals surface area contributed by atoms with Gasteiger partial charge in [-0.05, 0) is 90.3 Å². The molecular formula is C53H35N3. The summed E-state index contributed by atoms with van der Waals surface area (Å²) in [6, 6.07) is 69.3. The van der Waals surface area contributed by atoms with Crippen LogP contribution >= 0.6 is 0 Å². The Hall–Kier alpha value is -7.23. The maximum Gasteiger partial charge on any atom is 0.165 e. The van der Waals surface area contributed by atoms with Crippen molar-refractivity contribution in [1.29, 1.82) is 0 Å². The van der Waals surface area contributed by atoms with Gasteiger partial charge >= 0.3 is 0 Å². The monoisotopic (exact) mass is 713 g/mol. The van der Waals surface area contributed by atoms with Crippen LogP contribution in [0, 0.1) is 0 Å². The number of hydrogen-bond donors (Lipinski definition) is 0. The van der Waals surface area contributed by atoms with E-state index in [1.807, 2.05) is 0 Å². The van der Waals surface area contributed by atoms with Crippen LogP contribution in [0.5, 0.6) is 0 Å². The maximum atomic E-state index is 5.44. The molecule has 0 amide bonds. The summed E-state index contributed by atoms with van der Waals surface area (Å²) in [5.41, 5.74) is 11.1. The van der Waals surface area contributed by atoms with Crippen LogP contribution in [-0.4, -0.2) is 15.0 Å². The second-order valence-corrected chi connectivity index (χ2v) is 14.9. The second kappa shape index (κ2) is 12.7. The van der Waals surface area contributed by atoms with Crippen molar-refractivity contribution in [3.8, 4) is 56.4 Å². The molecule has 1 aliphatic rings. The first kappa shape index (κ1) is 32.2. The van der Waals surface area contributed by atoms with E-state index in [0.717, 1.165) is 44.0 Å². The highest BCUT2D eigenvalue weighted by atomic mass is 15.0. The van der Waals surface area contributed by atoms with Crippen molar-refractivity contribution in [2.24, 2.45) is 0 Å². The molecule has 0 saturated heterocycles. The van der Waals surface area contributed by atoms with Gasteiger partial charge in [-0.1, -0.05) is 182 Å². The first-order valence-electron chi connectivity index (χ1n) is 19.2. The van der Waals surface area contributed by atoms with Crippen LogP contribution in [0.25, 0.3) is 88.7 Å². The summed E-state index contributed by atoms with van der Waals surface area (Å²) in [4.78, 5) is 16.2. The van der Waals surface area contributed by atoms with E-state index in [2.05, 4.69) is 201 Å². The van der Waals surface area contributed by atoms with Gasteiger partial charge in [0.25, 0.3) is 0 Å². The predicted molar refractivity (Wildman–Crippen MR) is 232 cm³/mol. The largest absolute Gasteiger partial charge is 0.208 e. The van der Waals surface area contributed by atoms with E-state index in [-0.39, 0.29) is 5.41 Å². The summed E-state index contributed by atoms with van der Waals surface area (Å²) in [7, 11) is 0. The highest BCUT2D eigenvalue weighted by Gasteiger charge is 2.40. The average Bonchev–Trinajstić information content (AvgIpc) is 3.54. The fourth-order valence-electron chi connectivity index (χ4n) is 9.07. The van der Waals surface area contributed by atoms with Gasteiger partial charge in [-0.25, -0.2) is 15.0 Å². The Morgan fingerprint density at radius 2 is 0.946 bits per heavy atom. The Bertz CT molecular complexity index is 3150. The van der Waals surface area contributed by atoms with Crippen molar-refractivity contribution in [1.82, 2.24) is 15.0 Å². The molecule has 1 heterocycles. The van der Waals surface area contributed by atoms with E-state index in [4.69, 9.17) is 15.0 Å². The van der Waals surface area contributed by atoms with E-state index in [1.54, 1.807) is 0 Å². The van der Waals surface area contributed by atoms with Crippen molar-refractivity contribution in [2.45, 2.75) is 12.3 Å². The lowest BCUT2D eigenvalue weighted by molar-refractivity contribution is 0.714. The van der Waals surface area contributed by atoms with E-state index >= 15 is 0 Å². The van der Waals surface area contributed by atoms with Crippen LogP contribution in [-0.2, 0) is 5.41 Å². The zero-order valence-electron chi connectivity index (χ0n) is 30.8. The number of hydrogen-bond acceptors (Lipinski definition) is 3. The quantitative estimate of drug-likeness (QED) is 0.132. The molecule has 9 aromatic carbocycles. The van der Waals surface area contributed by atoms with E-state index < -0.39 is 0 Å². The van der Waals surface area contributed by atoms with Crippen molar-refractivity contribution in [3.63, 3.8) is 0 Å². The molecule has 1 atom stereocenters. The molecule has 0 bridgehead atoms. The summed E-state index contributed by atoms with van der Waals surface area (Å²) in [5.74, 6) is 1.93. The molecule has 0 aliphatic heterocycles. The average molecular weight is 714 g/mol. The summed E-state index contributed by atoms with van der Waals surface area (Å²) < 4.78 is 0. The number of benzene rings is 9. The van der Waals surface area contributed by atoms with Crippen molar-refractivity contribution in [3.05, 3.63) is 211 Å². The lowest BCUT2D eigenvalue weighted by Crippen LogP contribution is -2.22. The molecule has 1 aliphatic carbocycles. The minimum atomic E-state index is -0.291. The van der Waals surface area contributed by atoms with Crippen molar-refractivity contribution < 1.29 is 0 Å². The van der Waals surface area contributed by atoms with Crippen LogP contribution in [0.2, 0.25) is 0 Å². The minimum Gasteiger partial charge on any atom is -0.208 e. The van der Waals surface area contributed by atoms with Gasteiger partial charge in [0.05, 0.1) is 0 Å². The summed E-state index contributed by atoms with van der Waals surface area (Å²) >= 11 is 0. The van der Waals surface area contributed by atoms with Crippen LogP contribution in [0.4, 0.5) is 0 Å². The van der Waals surface area contributed by atoms with Gasteiger partial charge < -0.3 is 0 Å². The Morgan fingerprint density at radius 3 is 1.77 bits per heavy atom. The SMILES string of the molecule is CC1(c2ccccc2)c2ccccc2-c2cc(-c3nc(-c4ccccc4-c4ccccc4)nc(-c4c5ccccc5cc5c4ccc4ccccc45)n3)ccc21. The van der Waals surface area contributed by atoms with Gasteiger partial charge in [0, 0.05) is 22.1 Å². The molecule has 3 heteroatoms. The zero-order chi connectivity index (χ0) is 37.2. The Labute approximate surface area is 325 Å². The zero-order valence-corrected chi connectivity index (χ0v) is 30.8. The van der Waals surface area contributed by atoms with Gasteiger partial charge in [0.2, 0.25) is 0 Å². The summed E-state index contributed by atoms with van der Waals surface area (Å²) in [5, 5.41) is 6.96. The first-order valence-corrected chi connectivity index (χ1v) is 19.2. The standard InChI is InChI=1S/C53H35N3/c1-53(38-20-6-3-7-21-38)47-27-15-14-25-42(47)46-33-37(29-31-48(46)53)50-54-51(44-26-13-12-22-39(44)34-16-4-2-5-17-34)56-52(55-50)49-41-24-11-9-19-36(41)32-45-40-23-10-8-18-35(40)28-30-43(45)49/h2-33H,1H3. The second-order valence-electron chi connectivity index (χ2n) is 14.9. The molecule has 262 valence electrons. The Balaban J connectivity index is 1.20. The normalized spacial score (nSPS) is 14.6. The smallest absolute Gasteiger partial charge is 0.165 e. The van der Waals surface area contributed by atoms with Crippen molar-refractivity contribution in [2.75, 3.05) is 0 Å². The van der Waals surface area contributed by atoms with Crippen LogP contribution in [0.3, 0.4) is 0 Å². The van der Waals surface area contributed by atoms with Crippen LogP contribution in [0.1, 0.15) is 23.6 Å². The van der Waals surface area contributed by atoms with Gasteiger partial charge in [-0.3, -0.25) is 0 Å². The predicted octanol–water partition coefficient (Wildman–Crippen LogP) is 13.3. The van der Waals surface area contributed by atoms with E-state index in [0.29, 0.717) is 17.5 Å². The molecule has 0 saturated carbocycles. The third-order valence-electron chi connectivity index (χ3n) is 11.8. The Kier molecular flexibility index (Phi) is 7.30. The minimum absolute atomic E-state index is 0.291. The molecule has 56 heavy (non-hydrogen) atoms. The number of rotatable bonds is 5. The van der Waals surface area contributed by atoms with Gasteiger partial charge in [-0.2, -0.15) is 0 Å². The number of fused-ring (bicyclic) bond motifs is 7. The molecule has 0 fully saturated rings. The number of nitrogens with zero attached hydrogens (tertiary/aromatic N) is 3. The van der Waals surface area contributed by atoms with Crippen LogP contribution in [0.15, 0.2) is 194 Å². The topological polar surface area (TPSA) is 38.7 Å². The molecule has 1 unspecified atom stereocenters. The molecule has 0 radical (unpaired) electrons. The Morgan fingerprint density at radius 1 is 0.339 bits per heavy atom. The van der Waals surface area contributed by atoms with Crippen LogP contribution < -0.4 is 0 Å². The lowest BCUT2D eigenvalue weighted by atomic mass is 9.74. The number of aromatic nitrogens is 3. The first-order chi connectivity index (χ1) is 27.6. The van der Waals surface area contributed by atoms with Gasteiger partial charge in [0.1, 0.15) is 0 Å². The molecule has 3 nitrogen and oxygen atoms in total. The fraction of sp³-hybridized carbons (Fsp3) is 0.0377. The summed E-state index contributed by atoms with van der Waals surface area (Å²) in [6.07, 6.45) is 0. The van der Waals surface area contributed by atoms with Gasteiger partial charge in [0.15, 0.2) is 17.5 Å². The van der Waals surface area contributed by atoms with Crippen molar-refractivity contribution >= 4 is 32.3 Å². The molecule has 11 rings (SSSR count). The molecule has 10 aromatic rings. The fourth-order valence-corrected chi connectivity index (χ4v) is 9.07.